The van der Waals surface area contributed by atoms with Crippen LogP contribution in [0.15, 0.2) is 122 Å². The number of rotatable bonds is 0. The van der Waals surface area contributed by atoms with Gasteiger partial charge in [-0.3, -0.25) is 9.97 Å². The van der Waals surface area contributed by atoms with E-state index in [9.17, 15) is 0 Å². The molecule has 8 aromatic rings. The zero-order valence-electron chi connectivity index (χ0n) is 22.8. The van der Waals surface area contributed by atoms with Gasteiger partial charge in [0.25, 0.3) is 0 Å². The van der Waals surface area contributed by atoms with Crippen molar-refractivity contribution in [2.45, 2.75) is 19.3 Å². The van der Waals surface area contributed by atoms with Gasteiger partial charge in [0.05, 0.1) is 38.9 Å². The van der Waals surface area contributed by atoms with Gasteiger partial charge in [-0.05, 0) is 46.5 Å². The minimum Gasteiger partial charge on any atom is -0.308 e. The molecule has 0 saturated heterocycles. The summed E-state index contributed by atoms with van der Waals surface area (Å²) in [5, 5.41) is 4.85. The average Bonchev–Trinajstić information content (AvgIpc) is 3.57. The lowest BCUT2D eigenvalue weighted by atomic mass is 9.61. The minimum absolute atomic E-state index is 0.484. The van der Waals surface area contributed by atoms with E-state index in [1.807, 2.05) is 38.6 Å². The highest BCUT2D eigenvalue weighted by molar-refractivity contribution is 6.15. The monoisotopic (exact) mass is 526 g/mol. The molecule has 2 aliphatic rings. The number of nitrogens with zero attached hydrogens (tertiary/aromatic N) is 4. The van der Waals surface area contributed by atoms with Crippen LogP contribution >= 0.6 is 0 Å². The third-order valence-corrected chi connectivity index (χ3v) is 9.08. The highest BCUT2D eigenvalue weighted by atomic mass is 15.0. The topological polar surface area (TPSA) is 35.6 Å². The van der Waals surface area contributed by atoms with Crippen LogP contribution in [0, 0.1) is 0 Å². The first-order valence-corrected chi connectivity index (χ1v) is 14.3. The van der Waals surface area contributed by atoms with Crippen LogP contribution in [0.3, 0.4) is 0 Å². The SMILES string of the molecule is CC.c1ccc2c(c1)-n1c3ccncc3c3cccc(c31)C21c2ccccc2-n2c3ccncc3c3cccc1c32. The van der Waals surface area contributed by atoms with Gasteiger partial charge in [-0.2, -0.15) is 0 Å². The van der Waals surface area contributed by atoms with Crippen LogP contribution in [-0.4, -0.2) is 19.1 Å². The van der Waals surface area contributed by atoms with Crippen LogP contribution in [0.5, 0.6) is 0 Å². The summed E-state index contributed by atoms with van der Waals surface area (Å²) in [6, 6.07) is 35.9. The molecule has 0 fully saturated rings. The van der Waals surface area contributed by atoms with Gasteiger partial charge in [0, 0.05) is 46.3 Å². The number of benzene rings is 4. The second kappa shape index (κ2) is 7.92. The van der Waals surface area contributed by atoms with E-state index in [4.69, 9.17) is 0 Å². The molecule has 0 amide bonds. The van der Waals surface area contributed by atoms with Crippen molar-refractivity contribution in [3.63, 3.8) is 0 Å². The number of para-hydroxylation sites is 4. The molecular formula is C37H26N4. The second-order valence-electron chi connectivity index (χ2n) is 10.6. The van der Waals surface area contributed by atoms with E-state index in [0.717, 1.165) is 0 Å². The molecule has 4 nitrogen and oxygen atoms in total. The molecule has 10 rings (SSSR count). The fourth-order valence-corrected chi connectivity index (χ4v) is 7.77. The van der Waals surface area contributed by atoms with Gasteiger partial charge in [0.15, 0.2) is 0 Å². The molecule has 1 spiro atoms. The highest BCUT2D eigenvalue weighted by Gasteiger charge is 2.49. The van der Waals surface area contributed by atoms with Crippen molar-refractivity contribution in [1.29, 1.82) is 0 Å². The summed E-state index contributed by atoms with van der Waals surface area (Å²) in [7, 11) is 0. The fourth-order valence-electron chi connectivity index (χ4n) is 7.77. The van der Waals surface area contributed by atoms with E-state index < -0.39 is 5.41 Å². The summed E-state index contributed by atoms with van der Waals surface area (Å²) in [6.45, 7) is 4.00. The van der Waals surface area contributed by atoms with Crippen LogP contribution < -0.4 is 0 Å². The Bertz CT molecular complexity index is 2190. The first kappa shape index (κ1) is 22.6. The second-order valence-corrected chi connectivity index (χ2v) is 10.6. The highest BCUT2D eigenvalue weighted by Crippen LogP contribution is 2.59. The van der Waals surface area contributed by atoms with Crippen molar-refractivity contribution in [1.82, 2.24) is 19.1 Å². The van der Waals surface area contributed by atoms with Crippen molar-refractivity contribution < 1.29 is 0 Å². The Balaban J connectivity index is 0.00000118. The molecule has 0 unspecified atom stereocenters. The summed E-state index contributed by atoms with van der Waals surface area (Å²) in [6.07, 6.45) is 7.83. The summed E-state index contributed by atoms with van der Waals surface area (Å²) in [4.78, 5) is 9.04. The molecule has 4 heteroatoms. The molecule has 0 bridgehead atoms. The van der Waals surface area contributed by atoms with Gasteiger partial charge in [-0.15, -0.1) is 0 Å². The number of fused-ring (bicyclic) bond motifs is 14. The molecule has 0 N–H and O–H groups in total. The third-order valence-electron chi connectivity index (χ3n) is 9.08. The summed E-state index contributed by atoms with van der Waals surface area (Å²) in [5.74, 6) is 0. The Labute approximate surface area is 237 Å². The Morgan fingerprint density at radius 1 is 0.463 bits per heavy atom. The van der Waals surface area contributed by atoms with Gasteiger partial charge in [-0.25, -0.2) is 0 Å². The van der Waals surface area contributed by atoms with Crippen molar-refractivity contribution in [3.8, 4) is 11.4 Å². The van der Waals surface area contributed by atoms with Crippen LogP contribution in [0.2, 0.25) is 0 Å². The standard InChI is InChI=1S/C35H20N4.C2H6/c1-3-13-31-25(9-1)35(27-11-5-7-21-23-19-36-17-15-29(23)38(31)33(21)27)26-10-2-4-14-32(26)39-30-16-18-37-20-24(30)22-8-6-12-28(35)34(22)39;1-2/h1-20H;1-2H3. The number of aromatic nitrogens is 4. The molecule has 4 aromatic carbocycles. The van der Waals surface area contributed by atoms with E-state index in [2.05, 4.69) is 116 Å². The van der Waals surface area contributed by atoms with Gasteiger partial charge in [-0.1, -0.05) is 86.6 Å². The maximum Gasteiger partial charge on any atom is 0.0783 e. The third kappa shape index (κ3) is 2.48. The molecule has 0 atom stereocenters. The van der Waals surface area contributed by atoms with Gasteiger partial charge >= 0.3 is 0 Å². The van der Waals surface area contributed by atoms with Crippen LogP contribution in [-0.2, 0) is 5.41 Å². The zero-order valence-corrected chi connectivity index (χ0v) is 22.8. The maximum absolute atomic E-state index is 4.52. The molecule has 4 aromatic heterocycles. The first-order valence-electron chi connectivity index (χ1n) is 14.3. The molecule has 0 saturated carbocycles. The van der Waals surface area contributed by atoms with Gasteiger partial charge in [0.1, 0.15) is 0 Å². The summed E-state index contributed by atoms with van der Waals surface area (Å²) < 4.78 is 4.91. The van der Waals surface area contributed by atoms with Crippen LogP contribution in [0.1, 0.15) is 36.1 Å². The smallest absolute Gasteiger partial charge is 0.0783 e. The van der Waals surface area contributed by atoms with E-state index >= 15 is 0 Å². The normalized spacial score (nSPS) is 13.8. The number of hydrogen-bond acceptors (Lipinski definition) is 2. The van der Waals surface area contributed by atoms with E-state index in [0.29, 0.717) is 0 Å². The van der Waals surface area contributed by atoms with Gasteiger partial charge in [0.2, 0.25) is 0 Å². The Morgan fingerprint density at radius 3 is 1.39 bits per heavy atom. The lowest BCUT2D eigenvalue weighted by Gasteiger charge is -2.45. The molecule has 6 heterocycles. The quantitative estimate of drug-likeness (QED) is 0.198. The lowest BCUT2D eigenvalue weighted by Crippen LogP contribution is -2.38. The average molecular weight is 527 g/mol. The molecule has 194 valence electrons. The molecule has 0 radical (unpaired) electrons. The predicted octanol–water partition coefficient (Wildman–Crippen LogP) is 8.71. The van der Waals surface area contributed by atoms with E-state index in [-0.39, 0.29) is 0 Å². The molecular weight excluding hydrogens is 500 g/mol. The van der Waals surface area contributed by atoms with E-state index in [1.165, 1.54) is 77.2 Å². The molecule has 0 aliphatic carbocycles. The largest absolute Gasteiger partial charge is 0.308 e. The zero-order chi connectivity index (χ0) is 27.3. The number of hydrogen-bond donors (Lipinski definition) is 0. The van der Waals surface area contributed by atoms with Crippen LogP contribution in [0.25, 0.3) is 55.0 Å². The van der Waals surface area contributed by atoms with E-state index in [1.54, 1.807) is 0 Å². The van der Waals surface area contributed by atoms with Gasteiger partial charge < -0.3 is 9.13 Å². The Hall–Kier alpha value is -5.22. The Kier molecular flexibility index (Phi) is 4.36. The van der Waals surface area contributed by atoms with Crippen molar-refractivity contribution in [2.75, 3.05) is 0 Å². The van der Waals surface area contributed by atoms with Crippen molar-refractivity contribution in [3.05, 3.63) is 144 Å². The molecule has 41 heavy (non-hydrogen) atoms. The fraction of sp³-hybridized carbons (Fsp3) is 0.0811. The molecule has 2 aliphatic heterocycles. The van der Waals surface area contributed by atoms with Crippen LogP contribution in [0.4, 0.5) is 0 Å². The summed E-state index contributed by atoms with van der Waals surface area (Å²) in [5.41, 5.74) is 12.1. The number of pyridine rings is 2. The lowest BCUT2D eigenvalue weighted by molar-refractivity contribution is 0.713. The summed E-state index contributed by atoms with van der Waals surface area (Å²) >= 11 is 0. The van der Waals surface area contributed by atoms with Crippen molar-refractivity contribution >= 4 is 43.6 Å². The van der Waals surface area contributed by atoms with Crippen molar-refractivity contribution in [2.24, 2.45) is 0 Å². The minimum atomic E-state index is -0.484. The Morgan fingerprint density at radius 2 is 0.902 bits per heavy atom. The predicted molar refractivity (Wildman–Crippen MR) is 167 cm³/mol. The maximum atomic E-state index is 4.52. The first-order chi connectivity index (χ1) is 20.4.